The molecule has 1 unspecified atom stereocenters. The first-order valence-corrected chi connectivity index (χ1v) is 15.6. The van der Waals surface area contributed by atoms with Gasteiger partial charge in [0.05, 0.1) is 10.6 Å². The lowest BCUT2D eigenvalue weighted by molar-refractivity contribution is -0.140. The molecular formula is C33H33ClFN3O4S. The van der Waals surface area contributed by atoms with E-state index in [1.54, 1.807) is 30.3 Å². The van der Waals surface area contributed by atoms with Crippen molar-refractivity contribution in [1.82, 2.24) is 10.2 Å². The van der Waals surface area contributed by atoms with Crippen LogP contribution in [0.5, 0.6) is 0 Å². The quantitative estimate of drug-likeness (QED) is 0.215. The molecule has 1 atom stereocenters. The zero-order valence-corrected chi connectivity index (χ0v) is 25.4. The summed E-state index contributed by atoms with van der Waals surface area (Å²) in [6, 6.07) is 27.6. The van der Waals surface area contributed by atoms with Gasteiger partial charge in [-0.15, -0.1) is 0 Å². The molecule has 4 aromatic rings. The number of hydrogen-bond donors (Lipinski definition) is 1. The van der Waals surface area contributed by atoms with Crippen molar-refractivity contribution in [3.05, 3.63) is 131 Å². The normalized spacial score (nSPS) is 12.0. The summed E-state index contributed by atoms with van der Waals surface area (Å²) in [6.45, 7) is 2.99. The summed E-state index contributed by atoms with van der Waals surface area (Å²) in [5.74, 6) is -1.44. The predicted molar refractivity (Wildman–Crippen MR) is 167 cm³/mol. The van der Waals surface area contributed by atoms with E-state index in [0.29, 0.717) is 10.6 Å². The van der Waals surface area contributed by atoms with E-state index in [-0.39, 0.29) is 29.6 Å². The molecule has 0 aliphatic carbocycles. The Morgan fingerprint density at radius 1 is 0.814 bits per heavy atom. The Morgan fingerprint density at radius 3 is 1.98 bits per heavy atom. The topological polar surface area (TPSA) is 86.8 Å². The van der Waals surface area contributed by atoms with E-state index in [2.05, 4.69) is 5.32 Å². The van der Waals surface area contributed by atoms with Crippen molar-refractivity contribution in [2.24, 2.45) is 0 Å². The standard InChI is InChI=1S/C33H33ClFN3O4S/c1-24(2)36-33(40)31(21-25-9-5-3-6-10-25)37(22-26-13-17-28(35)18-14-26)32(39)23-38(29-19-15-27(34)16-20-29)43(41,42)30-11-7-4-8-12-30/h3-20,24,31H,21-23H2,1-2H3,(H,36,40). The molecule has 0 fully saturated rings. The summed E-state index contributed by atoms with van der Waals surface area (Å²) in [6.07, 6.45) is 0.179. The highest BCUT2D eigenvalue weighted by Crippen LogP contribution is 2.26. The van der Waals surface area contributed by atoms with Crippen LogP contribution in [0.2, 0.25) is 5.02 Å². The van der Waals surface area contributed by atoms with Crippen molar-refractivity contribution in [3.63, 3.8) is 0 Å². The van der Waals surface area contributed by atoms with Gasteiger partial charge in [-0.05, 0) is 73.5 Å². The van der Waals surface area contributed by atoms with Gasteiger partial charge in [-0.3, -0.25) is 13.9 Å². The van der Waals surface area contributed by atoms with E-state index < -0.39 is 40.2 Å². The molecule has 1 N–H and O–H groups in total. The average molecular weight is 622 g/mol. The van der Waals surface area contributed by atoms with Crippen LogP contribution < -0.4 is 9.62 Å². The van der Waals surface area contributed by atoms with Crippen molar-refractivity contribution in [2.45, 2.75) is 43.8 Å². The highest BCUT2D eigenvalue weighted by molar-refractivity contribution is 7.92. The van der Waals surface area contributed by atoms with Crippen molar-refractivity contribution < 1.29 is 22.4 Å². The molecule has 0 bridgehead atoms. The van der Waals surface area contributed by atoms with Crippen LogP contribution in [0.4, 0.5) is 10.1 Å². The maximum Gasteiger partial charge on any atom is 0.264 e. The highest BCUT2D eigenvalue weighted by atomic mass is 35.5. The number of amides is 2. The van der Waals surface area contributed by atoms with Gasteiger partial charge in [-0.2, -0.15) is 0 Å². The Morgan fingerprint density at radius 2 is 1.40 bits per heavy atom. The Kier molecular flexibility index (Phi) is 10.6. The molecule has 0 spiro atoms. The van der Waals surface area contributed by atoms with Crippen LogP contribution in [0.1, 0.15) is 25.0 Å². The number of benzene rings is 4. The summed E-state index contributed by atoms with van der Waals surface area (Å²) in [5, 5.41) is 3.30. The first-order valence-electron chi connectivity index (χ1n) is 13.8. The lowest BCUT2D eigenvalue weighted by Crippen LogP contribution is -2.54. The summed E-state index contributed by atoms with van der Waals surface area (Å²) < 4.78 is 42.6. The molecule has 0 saturated heterocycles. The molecule has 0 aliphatic rings. The average Bonchev–Trinajstić information content (AvgIpc) is 2.99. The molecule has 0 aromatic heterocycles. The van der Waals surface area contributed by atoms with Gasteiger partial charge in [0, 0.05) is 24.0 Å². The molecule has 4 rings (SSSR count). The fourth-order valence-corrected chi connectivity index (χ4v) is 6.14. The lowest BCUT2D eigenvalue weighted by Gasteiger charge is -2.34. The van der Waals surface area contributed by atoms with Crippen LogP contribution in [-0.4, -0.2) is 43.8 Å². The number of carbonyl (C=O) groups excluding carboxylic acids is 2. The minimum atomic E-state index is -4.21. The summed E-state index contributed by atoms with van der Waals surface area (Å²) in [7, 11) is -4.21. The van der Waals surface area contributed by atoms with Crippen molar-refractivity contribution in [1.29, 1.82) is 0 Å². The number of anilines is 1. The molecule has 2 amide bonds. The van der Waals surface area contributed by atoms with Crippen molar-refractivity contribution in [3.8, 4) is 0 Å². The Hall–Kier alpha value is -4.21. The molecule has 224 valence electrons. The van der Waals surface area contributed by atoms with Gasteiger partial charge in [0.25, 0.3) is 10.0 Å². The molecule has 0 saturated carbocycles. The van der Waals surface area contributed by atoms with Crippen LogP contribution in [-0.2, 0) is 32.6 Å². The number of hydrogen-bond acceptors (Lipinski definition) is 4. The third kappa shape index (κ3) is 8.43. The zero-order valence-electron chi connectivity index (χ0n) is 23.9. The van der Waals surface area contributed by atoms with E-state index >= 15 is 0 Å². The molecule has 0 aliphatic heterocycles. The number of nitrogens with one attached hydrogen (secondary N) is 1. The SMILES string of the molecule is CC(C)NC(=O)C(Cc1ccccc1)N(Cc1ccc(F)cc1)C(=O)CN(c1ccc(Cl)cc1)S(=O)(=O)c1ccccc1. The summed E-state index contributed by atoms with van der Waals surface area (Å²) >= 11 is 6.09. The molecule has 0 heterocycles. The van der Waals surface area contributed by atoms with Gasteiger partial charge in [0.1, 0.15) is 18.4 Å². The molecule has 10 heteroatoms. The van der Waals surface area contributed by atoms with E-state index in [0.717, 1.165) is 9.87 Å². The Balaban J connectivity index is 1.79. The minimum absolute atomic E-state index is 0.00113. The third-order valence-corrected chi connectivity index (χ3v) is 8.73. The summed E-state index contributed by atoms with van der Waals surface area (Å²) in [4.78, 5) is 29.3. The second kappa shape index (κ2) is 14.3. The fourth-order valence-electron chi connectivity index (χ4n) is 4.58. The zero-order chi connectivity index (χ0) is 31.0. The number of halogens is 2. The minimum Gasteiger partial charge on any atom is -0.352 e. The van der Waals surface area contributed by atoms with Crippen molar-refractivity contribution >= 4 is 39.1 Å². The van der Waals surface area contributed by atoms with E-state index in [1.807, 2.05) is 44.2 Å². The van der Waals surface area contributed by atoms with Gasteiger partial charge in [-0.1, -0.05) is 72.3 Å². The van der Waals surface area contributed by atoms with E-state index in [1.165, 1.54) is 53.4 Å². The van der Waals surface area contributed by atoms with E-state index in [9.17, 15) is 22.4 Å². The van der Waals surface area contributed by atoms with Crippen molar-refractivity contribution in [2.75, 3.05) is 10.8 Å². The number of carbonyl (C=O) groups is 2. The Labute approximate surface area is 257 Å². The largest absolute Gasteiger partial charge is 0.352 e. The van der Waals surface area contributed by atoms with E-state index in [4.69, 9.17) is 11.6 Å². The predicted octanol–water partition coefficient (Wildman–Crippen LogP) is 5.84. The number of rotatable bonds is 12. The second-order valence-corrected chi connectivity index (χ2v) is 12.6. The fraction of sp³-hybridized carbons (Fsp3) is 0.212. The van der Waals surface area contributed by atoms with Gasteiger partial charge >= 0.3 is 0 Å². The molecule has 4 aromatic carbocycles. The summed E-state index contributed by atoms with van der Waals surface area (Å²) in [5.41, 5.74) is 1.62. The maximum atomic E-state index is 14.3. The highest BCUT2D eigenvalue weighted by Gasteiger charge is 2.34. The molecule has 43 heavy (non-hydrogen) atoms. The Bertz CT molecular complexity index is 1620. The number of sulfonamides is 1. The molecule has 7 nitrogen and oxygen atoms in total. The molecule has 0 radical (unpaired) electrons. The lowest BCUT2D eigenvalue weighted by atomic mass is 10.0. The van der Waals surface area contributed by atoms with Gasteiger partial charge in [0.15, 0.2) is 0 Å². The first kappa shape index (κ1) is 31.7. The van der Waals surface area contributed by atoms with Crippen LogP contribution in [0.3, 0.4) is 0 Å². The third-order valence-electron chi connectivity index (χ3n) is 6.69. The van der Waals surface area contributed by atoms with Gasteiger partial charge in [0.2, 0.25) is 11.8 Å². The van der Waals surface area contributed by atoms with Crippen LogP contribution in [0.15, 0.2) is 114 Å². The monoisotopic (exact) mass is 621 g/mol. The maximum absolute atomic E-state index is 14.3. The molecular weight excluding hydrogens is 589 g/mol. The van der Waals surface area contributed by atoms with Crippen LogP contribution in [0.25, 0.3) is 0 Å². The van der Waals surface area contributed by atoms with Gasteiger partial charge in [-0.25, -0.2) is 12.8 Å². The first-order chi connectivity index (χ1) is 20.5. The number of nitrogens with zero attached hydrogens (tertiary/aromatic N) is 2. The van der Waals surface area contributed by atoms with Crippen LogP contribution in [0, 0.1) is 5.82 Å². The van der Waals surface area contributed by atoms with Gasteiger partial charge < -0.3 is 10.2 Å². The second-order valence-electron chi connectivity index (χ2n) is 10.3. The smallest absolute Gasteiger partial charge is 0.264 e. The van der Waals surface area contributed by atoms with Crippen LogP contribution >= 0.6 is 11.6 Å².